The minimum atomic E-state index is -0.947. The SMILES string of the molecule is Cc1ccc(N2C(=O)C(O)=C(C(=O)c3cc4cc(Cl)ccc4o3)C2c2ccc(C)o2)c(C)c1. The molecule has 1 N–H and O–H groups in total. The lowest BCUT2D eigenvalue weighted by molar-refractivity contribution is -0.117. The fraction of sp³-hybridized carbons (Fsp3) is 0.154. The number of aliphatic hydroxyl groups is 1. The minimum Gasteiger partial charge on any atom is -0.503 e. The van der Waals surface area contributed by atoms with Gasteiger partial charge in [0.05, 0.1) is 5.57 Å². The first-order valence-electron chi connectivity index (χ1n) is 10.4. The van der Waals surface area contributed by atoms with Crippen LogP contribution >= 0.6 is 11.6 Å². The van der Waals surface area contributed by atoms with Gasteiger partial charge in [-0.3, -0.25) is 14.5 Å². The fourth-order valence-electron chi connectivity index (χ4n) is 4.29. The van der Waals surface area contributed by atoms with Gasteiger partial charge in [0.15, 0.2) is 11.5 Å². The van der Waals surface area contributed by atoms with Crippen molar-refractivity contribution in [3.05, 3.63) is 99.4 Å². The molecule has 1 unspecified atom stereocenters. The molecule has 6 nitrogen and oxygen atoms in total. The Bertz CT molecular complexity index is 1480. The summed E-state index contributed by atoms with van der Waals surface area (Å²) in [6, 6.07) is 14.7. The third-order valence-electron chi connectivity index (χ3n) is 5.80. The molecule has 0 saturated heterocycles. The molecule has 2 aromatic carbocycles. The summed E-state index contributed by atoms with van der Waals surface area (Å²) in [6.07, 6.45) is 0. The third kappa shape index (κ3) is 3.43. The van der Waals surface area contributed by atoms with Crippen LogP contribution in [0.4, 0.5) is 5.69 Å². The van der Waals surface area contributed by atoms with E-state index in [0.717, 1.165) is 11.1 Å². The second kappa shape index (κ2) is 7.67. The Morgan fingerprint density at radius 1 is 1.00 bits per heavy atom. The van der Waals surface area contributed by atoms with Gasteiger partial charge in [-0.05, 0) is 68.8 Å². The topological polar surface area (TPSA) is 83.9 Å². The molecule has 4 aromatic rings. The Kier molecular flexibility index (Phi) is 4.91. The molecule has 5 rings (SSSR count). The van der Waals surface area contributed by atoms with Crippen molar-refractivity contribution in [2.45, 2.75) is 26.8 Å². The van der Waals surface area contributed by atoms with Crippen molar-refractivity contribution in [2.75, 3.05) is 4.90 Å². The highest BCUT2D eigenvalue weighted by Crippen LogP contribution is 2.43. The van der Waals surface area contributed by atoms with E-state index in [4.69, 9.17) is 20.4 Å². The average Bonchev–Trinajstić information content (AvgIpc) is 3.45. The van der Waals surface area contributed by atoms with Gasteiger partial charge in [0.2, 0.25) is 5.78 Å². The number of ketones is 1. The summed E-state index contributed by atoms with van der Waals surface area (Å²) < 4.78 is 11.6. The summed E-state index contributed by atoms with van der Waals surface area (Å²) in [6.45, 7) is 5.60. The highest BCUT2D eigenvalue weighted by atomic mass is 35.5. The van der Waals surface area contributed by atoms with E-state index in [9.17, 15) is 14.7 Å². The first-order valence-corrected chi connectivity index (χ1v) is 10.8. The quantitative estimate of drug-likeness (QED) is 0.356. The second-order valence-corrected chi connectivity index (χ2v) is 8.64. The van der Waals surface area contributed by atoms with E-state index in [-0.39, 0.29) is 11.3 Å². The highest BCUT2D eigenvalue weighted by Gasteiger charge is 2.47. The van der Waals surface area contributed by atoms with E-state index in [2.05, 4.69) is 0 Å². The molecule has 0 aliphatic carbocycles. The number of halogens is 1. The van der Waals surface area contributed by atoms with Crippen molar-refractivity contribution in [2.24, 2.45) is 0 Å². The summed E-state index contributed by atoms with van der Waals surface area (Å²) in [7, 11) is 0. The van der Waals surface area contributed by atoms with Crippen LogP contribution in [-0.4, -0.2) is 16.8 Å². The van der Waals surface area contributed by atoms with Gasteiger partial charge >= 0.3 is 0 Å². The summed E-state index contributed by atoms with van der Waals surface area (Å²) in [5.41, 5.74) is 2.82. The Morgan fingerprint density at radius 3 is 2.48 bits per heavy atom. The van der Waals surface area contributed by atoms with Gasteiger partial charge in [-0.15, -0.1) is 0 Å². The summed E-state index contributed by atoms with van der Waals surface area (Å²) >= 11 is 6.06. The second-order valence-electron chi connectivity index (χ2n) is 8.20. The van der Waals surface area contributed by atoms with Crippen LogP contribution in [0.15, 0.2) is 74.8 Å². The number of amides is 1. The number of hydrogen-bond donors (Lipinski definition) is 1. The smallest absolute Gasteiger partial charge is 0.294 e. The number of hydrogen-bond acceptors (Lipinski definition) is 5. The van der Waals surface area contributed by atoms with Crippen LogP contribution in [0.3, 0.4) is 0 Å². The third-order valence-corrected chi connectivity index (χ3v) is 6.03. The van der Waals surface area contributed by atoms with Crippen molar-refractivity contribution < 1.29 is 23.5 Å². The van der Waals surface area contributed by atoms with Crippen LogP contribution < -0.4 is 4.90 Å². The molecule has 1 amide bonds. The Labute approximate surface area is 194 Å². The highest BCUT2D eigenvalue weighted by molar-refractivity contribution is 6.31. The normalized spacial score (nSPS) is 16.3. The molecule has 0 fully saturated rings. The molecular weight excluding hydrogens is 442 g/mol. The van der Waals surface area contributed by atoms with Gasteiger partial charge in [0.1, 0.15) is 23.1 Å². The van der Waals surface area contributed by atoms with Gasteiger partial charge in [0, 0.05) is 16.1 Å². The molecule has 33 heavy (non-hydrogen) atoms. The van der Waals surface area contributed by atoms with Crippen molar-refractivity contribution in [3.63, 3.8) is 0 Å². The maximum Gasteiger partial charge on any atom is 0.294 e. The number of aliphatic hydroxyl groups excluding tert-OH is 1. The van der Waals surface area contributed by atoms with Crippen LogP contribution in [0.5, 0.6) is 0 Å². The molecule has 166 valence electrons. The molecule has 7 heteroatoms. The van der Waals surface area contributed by atoms with E-state index in [1.54, 1.807) is 49.4 Å². The number of anilines is 1. The first kappa shape index (κ1) is 21.1. The number of benzene rings is 2. The maximum atomic E-state index is 13.6. The van der Waals surface area contributed by atoms with Gasteiger partial charge in [-0.2, -0.15) is 0 Å². The molecule has 0 saturated carbocycles. The maximum absolute atomic E-state index is 13.6. The molecular formula is C26H20ClNO5. The van der Waals surface area contributed by atoms with E-state index >= 15 is 0 Å². The molecule has 1 aliphatic heterocycles. The molecule has 0 spiro atoms. The number of aryl methyl sites for hydroxylation is 3. The van der Waals surface area contributed by atoms with Crippen molar-refractivity contribution >= 4 is 39.9 Å². The largest absolute Gasteiger partial charge is 0.503 e. The monoisotopic (exact) mass is 461 g/mol. The Balaban J connectivity index is 1.67. The molecule has 0 radical (unpaired) electrons. The van der Waals surface area contributed by atoms with Crippen LogP contribution in [0.25, 0.3) is 11.0 Å². The summed E-state index contributed by atoms with van der Waals surface area (Å²) in [4.78, 5) is 28.3. The van der Waals surface area contributed by atoms with Crippen molar-refractivity contribution in [1.82, 2.24) is 0 Å². The number of carbonyl (C=O) groups excluding carboxylic acids is 2. The fourth-order valence-corrected chi connectivity index (χ4v) is 4.47. The lowest BCUT2D eigenvalue weighted by Gasteiger charge is -2.26. The zero-order valence-electron chi connectivity index (χ0n) is 18.2. The van der Waals surface area contributed by atoms with Crippen LogP contribution in [0, 0.1) is 20.8 Å². The number of fused-ring (bicyclic) bond motifs is 1. The van der Waals surface area contributed by atoms with Gasteiger partial charge < -0.3 is 13.9 Å². The first-order chi connectivity index (χ1) is 15.7. The lowest BCUT2D eigenvalue weighted by atomic mass is 9.98. The van der Waals surface area contributed by atoms with E-state index in [0.29, 0.717) is 33.2 Å². The standard InChI is InChI=1S/C26H20ClNO5/c1-13-4-7-18(14(2)10-13)28-23(20-8-5-15(3)32-20)22(25(30)26(28)31)24(29)21-12-16-11-17(27)6-9-19(16)33-21/h4-12,23,30H,1-3H3. The molecule has 2 aromatic heterocycles. The van der Waals surface area contributed by atoms with Gasteiger partial charge in [0.25, 0.3) is 5.91 Å². The predicted molar refractivity (Wildman–Crippen MR) is 125 cm³/mol. The minimum absolute atomic E-state index is 0.00243. The molecule has 1 atom stereocenters. The van der Waals surface area contributed by atoms with Gasteiger partial charge in [-0.1, -0.05) is 29.3 Å². The summed E-state index contributed by atoms with van der Waals surface area (Å²) in [5.74, 6) is -0.917. The number of Topliss-reactive ketones (excluding diaryl/α,β-unsaturated/α-hetero) is 1. The van der Waals surface area contributed by atoms with Gasteiger partial charge in [-0.25, -0.2) is 0 Å². The molecule has 3 heterocycles. The lowest BCUT2D eigenvalue weighted by Crippen LogP contribution is -2.31. The van der Waals surface area contributed by atoms with Crippen LogP contribution in [0.2, 0.25) is 5.02 Å². The van der Waals surface area contributed by atoms with Crippen LogP contribution in [-0.2, 0) is 4.79 Å². The number of nitrogens with zero attached hydrogens (tertiary/aromatic N) is 1. The predicted octanol–water partition coefficient (Wildman–Crippen LogP) is 6.39. The average molecular weight is 462 g/mol. The van der Waals surface area contributed by atoms with Crippen molar-refractivity contribution in [3.8, 4) is 0 Å². The van der Waals surface area contributed by atoms with Crippen LogP contribution in [0.1, 0.15) is 39.2 Å². The Morgan fingerprint density at radius 2 is 1.79 bits per heavy atom. The van der Waals surface area contributed by atoms with Crippen molar-refractivity contribution in [1.29, 1.82) is 0 Å². The van der Waals surface area contributed by atoms with E-state index in [1.165, 1.54) is 4.90 Å². The summed E-state index contributed by atoms with van der Waals surface area (Å²) in [5, 5.41) is 12.0. The Hall–Kier alpha value is -3.77. The number of rotatable bonds is 4. The molecule has 1 aliphatic rings. The molecule has 0 bridgehead atoms. The number of furan rings is 2. The van der Waals surface area contributed by atoms with E-state index < -0.39 is 23.5 Å². The number of carbonyl (C=O) groups is 2. The zero-order chi connectivity index (χ0) is 23.4. The van der Waals surface area contributed by atoms with E-state index in [1.807, 2.05) is 26.0 Å². The zero-order valence-corrected chi connectivity index (χ0v) is 18.9.